The highest BCUT2D eigenvalue weighted by molar-refractivity contribution is 9.10. The van der Waals surface area contributed by atoms with Crippen molar-refractivity contribution >= 4 is 21.8 Å². The standard InChI is InChI=1S/C14H19BrN2O2/c1-9-3-4-11(15)7-12(9)14(18)17-5-6-19-13(8-17)10(2)16/h3-4,7,10,13H,5-6,8,16H2,1-2H3. The van der Waals surface area contributed by atoms with Crippen molar-refractivity contribution in [2.45, 2.75) is 26.0 Å². The van der Waals surface area contributed by atoms with E-state index in [2.05, 4.69) is 15.9 Å². The van der Waals surface area contributed by atoms with Crippen LogP contribution >= 0.6 is 15.9 Å². The number of ether oxygens (including phenoxy) is 1. The minimum absolute atomic E-state index is 0.0488. The number of carbonyl (C=O) groups is 1. The van der Waals surface area contributed by atoms with Gasteiger partial charge in [-0.15, -0.1) is 0 Å². The van der Waals surface area contributed by atoms with Crippen LogP contribution in [-0.2, 0) is 4.74 Å². The second-order valence-electron chi connectivity index (χ2n) is 4.98. The molecule has 19 heavy (non-hydrogen) atoms. The fourth-order valence-corrected chi connectivity index (χ4v) is 2.53. The van der Waals surface area contributed by atoms with Crippen LogP contribution in [0.3, 0.4) is 0 Å². The van der Waals surface area contributed by atoms with Crippen molar-refractivity contribution in [3.63, 3.8) is 0 Å². The first kappa shape index (κ1) is 14.5. The Hall–Kier alpha value is -0.910. The molecular weight excluding hydrogens is 308 g/mol. The predicted molar refractivity (Wildman–Crippen MR) is 78.2 cm³/mol. The van der Waals surface area contributed by atoms with E-state index in [9.17, 15) is 4.79 Å². The quantitative estimate of drug-likeness (QED) is 0.903. The average Bonchev–Trinajstić information content (AvgIpc) is 2.41. The van der Waals surface area contributed by atoms with Gasteiger partial charge in [0.05, 0.1) is 12.7 Å². The van der Waals surface area contributed by atoms with Gasteiger partial charge in [0.25, 0.3) is 5.91 Å². The number of nitrogens with two attached hydrogens (primary N) is 1. The number of rotatable bonds is 2. The van der Waals surface area contributed by atoms with Gasteiger partial charge in [-0.1, -0.05) is 22.0 Å². The minimum Gasteiger partial charge on any atom is -0.373 e. The summed E-state index contributed by atoms with van der Waals surface area (Å²) in [6.45, 7) is 5.58. The maximum atomic E-state index is 12.5. The predicted octanol–water partition coefficient (Wildman–Crippen LogP) is 1.95. The lowest BCUT2D eigenvalue weighted by atomic mass is 10.1. The van der Waals surface area contributed by atoms with E-state index in [1.807, 2.05) is 36.9 Å². The second kappa shape index (κ2) is 6.03. The van der Waals surface area contributed by atoms with Gasteiger partial charge in [-0.05, 0) is 31.5 Å². The van der Waals surface area contributed by atoms with Crippen molar-refractivity contribution in [1.29, 1.82) is 0 Å². The topological polar surface area (TPSA) is 55.6 Å². The van der Waals surface area contributed by atoms with Crippen molar-refractivity contribution in [1.82, 2.24) is 4.90 Å². The van der Waals surface area contributed by atoms with E-state index >= 15 is 0 Å². The number of benzene rings is 1. The Kier molecular flexibility index (Phi) is 4.60. The van der Waals surface area contributed by atoms with Gasteiger partial charge in [0.15, 0.2) is 0 Å². The van der Waals surface area contributed by atoms with E-state index < -0.39 is 0 Å². The number of morpholine rings is 1. The zero-order valence-electron chi connectivity index (χ0n) is 11.2. The van der Waals surface area contributed by atoms with Gasteiger partial charge in [0, 0.05) is 29.2 Å². The molecule has 0 aromatic heterocycles. The molecule has 1 fully saturated rings. The SMILES string of the molecule is Cc1ccc(Br)cc1C(=O)N1CCOC(C(C)N)C1. The van der Waals surface area contributed by atoms with Crippen molar-refractivity contribution < 1.29 is 9.53 Å². The molecule has 0 aliphatic carbocycles. The zero-order valence-corrected chi connectivity index (χ0v) is 12.8. The molecule has 2 atom stereocenters. The van der Waals surface area contributed by atoms with E-state index in [1.54, 1.807) is 0 Å². The number of amides is 1. The summed E-state index contributed by atoms with van der Waals surface area (Å²) in [4.78, 5) is 14.4. The lowest BCUT2D eigenvalue weighted by Crippen LogP contribution is -2.51. The van der Waals surface area contributed by atoms with E-state index in [1.165, 1.54) is 0 Å². The summed E-state index contributed by atoms with van der Waals surface area (Å²) in [6.07, 6.45) is -0.0786. The largest absolute Gasteiger partial charge is 0.373 e. The molecule has 1 amide bonds. The number of hydrogen-bond acceptors (Lipinski definition) is 3. The molecule has 1 aromatic rings. The highest BCUT2D eigenvalue weighted by Crippen LogP contribution is 2.19. The third kappa shape index (κ3) is 3.35. The highest BCUT2D eigenvalue weighted by Gasteiger charge is 2.27. The van der Waals surface area contributed by atoms with Crippen LogP contribution < -0.4 is 5.73 Å². The van der Waals surface area contributed by atoms with Gasteiger partial charge in [0.2, 0.25) is 0 Å². The maximum absolute atomic E-state index is 12.5. The van der Waals surface area contributed by atoms with Crippen LogP contribution in [0, 0.1) is 6.92 Å². The number of nitrogens with zero attached hydrogens (tertiary/aromatic N) is 1. The van der Waals surface area contributed by atoms with Crippen molar-refractivity contribution in [3.05, 3.63) is 33.8 Å². The van der Waals surface area contributed by atoms with Gasteiger partial charge >= 0.3 is 0 Å². The number of halogens is 1. The Bertz CT molecular complexity index is 477. The molecule has 2 unspecified atom stereocenters. The second-order valence-corrected chi connectivity index (χ2v) is 5.89. The van der Waals surface area contributed by atoms with E-state index in [0.29, 0.717) is 19.7 Å². The van der Waals surface area contributed by atoms with Crippen LogP contribution in [0.5, 0.6) is 0 Å². The summed E-state index contributed by atoms with van der Waals surface area (Å²) in [7, 11) is 0. The maximum Gasteiger partial charge on any atom is 0.254 e. The first-order valence-electron chi connectivity index (χ1n) is 6.41. The Balaban J connectivity index is 2.17. The molecule has 1 aromatic carbocycles. The summed E-state index contributed by atoms with van der Waals surface area (Å²) in [5, 5.41) is 0. The Labute approximate surface area is 122 Å². The first-order chi connectivity index (χ1) is 8.99. The molecule has 1 aliphatic rings. The normalized spacial score (nSPS) is 21.3. The van der Waals surface area contributed by atoms with Crippen LogP contribution in [-0.4, -0.2) is 42.6 Å². The van der Waals surface area contributed by atoms with Gasteiger partial charge in [-0.3, -0.25) is 4.79 Å². The Morgan fingerprint density at radius 3 is 3.00 bits per heavy atom. The molecule has 5 heteroatoms. The molecular formula is C14H19BrN2O2. The Morgan fingerprint density at radius 1 is 1.58 bits per heavy atom. The summed E-state index contributed by atoms with van der Waals surface area (Å²) in [6, 6.07) is 5.68. The average molecular weight is 327 g/mol. The van der Waals surface area contributed by atoms with Crippen LogP contribution in [0.4, 0.5) is 0 Å². The molecule has 4 nitrogen and oxygen atoms in total. The van der Waals surface area contributed by atoms with Gasteiger partial charge in [0.1, 0.15) is 0 Å². The van der Waals surface area contributed by atoms with Crippen LogP contribution in [0.15, 0.2) is 22.7 Å². The molecule has 2 rings (SSSR count). The third-order valence-corrected chi connectivity index (χ3v) is 3.89. The van der Waals surface area contributed by atoms with Gasteiger partial charge in [-0.2, -0.15) is 0 Å². The molecule has 104 valence electrons. The lowest BCUT2D eigenvalue weighted by molar-refractivity contribution is -0.0300. The van der Waals surface area contributed by atoms with Crippen molar-refractivity contribution in [2.24, 2.45) is 5.73 Å². The summed E-state index contributed by atoms with van der Waals surface area (Å²) < 4.78 is 6.50. The first-order valence-corrected chi connectivity index (χ1v) is 7.21. The fourth-order valence-electron chi connectivity index (χ4n) is 2.17. The fraction of sp³-hybridized carbons (Fsp3) is 0.500. The molecule has 0 bridgehead atoms. The van der Waals surface area contributed by atoms with E-state index in [4.69, 9.17) is 10.5 Å². The van der Waals surface area contributed by atoms with Crippen LogP contribution in [0.1, 0.15) is 22.8 Å². The third-order valence-electron chi connectivity index (χ3n) is 3.40. The van der Waals surface area contributed by atoms with Crippen molar-refractivity contribution in [3.8, 4) is 0 Å². The van der Waals surface area contributed by atoms with E-state index in [0.717, 1.165) is 15.6 Å². The molecule has 0 radical (unpaired) electrons. The molecule has 2 N–H and O–H groups in total. The molecule has 1 saturated heterocycles. The summed E-state index contributed by atoms with van der Waals surface area (Å²) >= 11 is 3.41. The lowest BCUT2D eigenvalue weighted by Gasteiger charge is -2.35. The monoisotopic (exact) mass is 326 g/mol. The zero-order chi connectivity index (χ0) is 14.0. The van der Waals surface area contributed by atoms with Crippen LogP contribution in [0.2, 0.25) is 0 Å². The smallest absolute Gasteiger partial charge is 0.254 e. The number of hydrogen-bond donors (Lipinski definition) is 1. The molecule has 1 aliphatic heterocycles. The molecule has 0 spiro atoms. The van der Waals surface area contributed by atoms with Gasteiger partial charge < -0.3 is 15.4 Å². The van der Waals surface area contributed by atoms with Crippen LogP contribution in [0.25, 0.3) is 0 Å². The molecule has 0 saturated carbocycles. The van der Waals surface area contributed by atoms with Crippen molar-refractivity contribution in [2.75, 3.05) is 19.7 Å². The van der Waals surface area contributed by atoms with Gasteiger partial charge in [-0.25, -0.2) is 0 Å². The molecule has 1 heterocycles. The number of aryl methyl sites for hydroxylation is 1. The minimum atomic E-state index is -0.0786. The summed E-state index contributed by atoms with van der Waals surface area (Å²) in [5.41, 5.74) is 7.57. The van der Waals surface area contributed by atoms with E-state index in [-0.39, 0.29) is 18.1 Å². The number of carbonyl (C=O) groups excluding carboxylic acids is 1. The Morgan fingerprint density at radius 2 is 2.32 bits per heavy atom. The highest BCUT2D eigenvalue weighted by atomic mass is 79.9. The summed E-state index contributed by atoms with van der Waals surface area (Å²) in [5.74, 6) is 0.0488.